The van der Waals surface area contributed by atoms with Crippen LogP contribution in [0.2, 0.25) is 0 Å². The number of ether oxygens (including phenoxy) is 1. The second-order valence-electron chi connectivity index (χ2n) is 7.36. The van der Waals surface area contributed by atoms with Crippen molar-refractivity contribution in [2.75, 3.05) is 32.8 Å². The van der Waals surface area contributed by atoms with Crippen molar-refractivity contribution in [1.29, 1.82) is 0 Å². The number of halogens is 4. The number of hydrogen-bond donors (Lipinski definition) is 1. The molecule has 0 saturated heterocycles. The molecule has 4 rings (SSSR count). The molecule has 4 aromatic rings. The molecule has 0 unspecified atom stereocenters. The summed E-state index contributed by atoms with van der Waals surface area (Å²) < 4.78 is 20.1. The molecule has 0 aliphatic rings. The third kappa shape index (κ3) is 7.33. The summed E-state index contributed by atoms with van der Waals surface area (Å²) in [5.41, 5.74) is 3.33. The van der Waals surface area contributed by atoms with Gasteiger partial charge in [0.15, 0.2) is 5.75 Å². The van der Waals surface area contributed by atoms with Crippen molar-refractivity contribution >= 4 is 75.4 Å². The molecular weight excluding hydrogens is 607 g/mol. The van der Waals surface area contributed by atoms with Crippen LogP contribution in [0.1, 0.15) is 17.3 Å². The maximum atomic E-state index is 13.6. The fraction of sp³-hybridized carbons (Fsp3) is 0.250. The topological polar surface area (TPSA) is 80.2 Å². The quantitative estimate of drug-likeness (QED) is 0.161. The standard InChI is InChI=1S/C24H23FIN5O2.2ClH/c1-2-31(13-14-33-21-7-4-10-27-23(21)25)12-11-28-24(32)17-5-3-6-19-22(17)30-18-9-8-16(26)15-20(18)29-19;;/h3-10,15H,2,11-14H2,1H3,(H,28,32);2*1H. The van der Waals surface area contributed by atoms with E-state index in [1.165, 1.54) is 6.20 Å². The summed E-state index contributed by atoms with van der Waals surface area (Å²) in [6, 6.07) is 14.5. The molecule has 0 aliphatic heterocycles. The molecule has 0 aliphatic carbocycles. The Morgan fingerprint density at radius 3 is 2.66 bits per heavy atom. The lowest BCUT2D eigenvalue weighted by molar-refractivity contribution is 0.0949. The molecule has 0 saturated carbocycles. The number of aromatic nitrogens is 3. The van der Waals surface area contributed by atoms with Gasteiger partial charge in [-0.1, -0.05) is 13.0 Å². The van der Waals surface area contributed by atoms with Crippen molar-refractivity contribution in [3.8, 4) is 5.75 Å². The van der Waals surface area contributed by atoms with Crippen LogP contribution in [-0.2, 0) is 0 Å². The highest BCUT2D eigenvalue weighted by atomic mass is 127. The summed E-state index contributed by atoms with van der Waals surface area (Å²) in [5, 5.41) is 2.97. The van der Waals surface area contributed by atoms with Gasteiger partial charge in [0.25, 0.3) is 11.9 Å². The molecule has 1 amide bonds. The number of hydrogen-bond acceptors (Lipinski definition) is 6. The lowest BCUT2D eigenvalue weighted by Crippen LogP contribution is -2.37. The van der Waals surface area contributed by atoms with E-state index in [2.05, 4.69) is 47.8 Å². The second kappa shape index (κ2) is 13.7. The Hall–Kier alpha value is -2.34. The second-order valence-corrected chi connectivity index (χ2v) is 8.61. The van der Waals surface area contributed by atoms with E-state index in [1.54, 1.807) is 18.2 Å². The third-order valence-electron chi connectivity index (χ3n) is 5.22. The van der Waals surface area contributed by atoms with Gasteiger partial charge in [0.1, 0.15) is 12.1 Å². The van der Waals surface area contributed by atoms with Gasteiger partial charge in [-0.15, -0.1) is 24.8 Å². The zero-order valence-corrected chi connectivity index (χ0v) is 22.7. The third-order valence-corrected chi connectivity index (χ3v) is 5.89. The van der Waals surface area contributed by atoms with Crippen LogP contribution in [0.15, 0.2) is 54.7 Å². The smallest absolute Gasteiger partial charge is 0.255 e. The van der Waals surface area contributed by atoms with Crippen LogP contribution >= 0.6 is 47.4 Å². The van der Waals surface area contributed by atoms with Crippen LogP contribution in [0.25, 0.3) is 22.1 Å². The normalized spacial score (nSPS) is 10.6. The number of benzene rings is 2. The number of carbonyl (C=O) groups excluding carboxylic acids is 1. The first-order valence-corrected chi connectivity index (χ1v) is 11.7. The lowest BCUT2D eigenvalue weighted by atomic mass is 10.1. The van der Waals surface area contributed by atoms with Gasteiger partial charge in [-0.05, 0) is 71.6 Å². The molecule has 0 fully saturated rings. The zero-order chi connectivity index (χ0) is 23.2. The predicted octanol–water partition coefficient (Wildman–Crippen LogP) is 4.90. The van der Waals surface area contributed by atoms with Crippen LogP contribution in [0.5, 0.6) is 5.75 Å². The monoisotopic (exact) mass is 631 g/mol. The number of para-hydroxylation sites is 1. The summed E-state index contributed by atoms with van der Waals surface area (Å²) in [4.78, 5) is 27.9. The van der Waals surface area contributed by atoms with Gasteiger partial charge in [0, 0.05) is 29.4 Å². The molecule has 0 radical (unpaired) electrons. The Labute approximate surface area is 228 Å². The van der Waals surface area contributed by atoms with E-state index in [-0.39, 0.29) is 36.5 Å². The molecule has 0 bridgehead atoms. The number of fused-ring (bicyclic) bond motifs is 2. The van der Waals surface area contributed by atoms with E-state index < -0.39 is 5.95 Å². The van der Waals surface area contributed by atoms with Gasteiger partial charge in [-0.25, -0.2) is 15.0 Å². The first-order valence-electron chi connectivity index (χ1n) is 10.6. The summed E-state index contributed by atoms with van der Waals surface area (Å²) in [6.07, 6.45) is 1.38. The van der Waals surface area contributed by atoms with E-state index in [9.17, 15) is 9.18 Å². The number of nitrogens with zero attached hydrogens (tertiary/aromatic N) is 4. The Morgan fingerprint density at radius 1 is 1.06 bits per heavy atom. The van der Waals surface area contributed by atoms with Crippen molar-refractivity contribution in [2.24, 2.45) is 0 Å². The first-order chi connectivity index (χ1) is 16.0. The van der Waals surface area contributed by atoms with E-state index in [1.807, 2.05) is 37.3 Å². The summed E-state index contributed by atoms with van der Waals surface area (Å²) >= 11 is 2.24. The van der Waals surface area contributed by atoms with Crippen molar-refractivity contribution < 1.29 is 13.9 Å². The molecule has 0 atom stereocenters. The molecule has 0 spiro atoms. The minimum Gasteiger partial charge on any atom is -0.487 e. The summed E-state index contributed by atoms with van der Waals surface area (Å²) in [5.74, 6) is -0.667. The first kappa shape index (κ1) is 28.9. The minimum atomic E-state index is -0.617. The van der Waals surface area contributed by atoms with E-state index in [0.717, 1.165) is 21.1 Å². The summed E-state index contributed by atoms with van der Waals surface area (Å²) in [7, 11) is 0. The average molecular weight is 632 g/mol. The lowest BCUT2D eigenvalue weighted by Gasteiger charge is -2.20. The zero-order valence-electron chi connectivity index (χ0n) is 18.9. The van der Waals surface area contributed by atoms with E-state index in [0.29, 0.717) is 42.8 Å². The largest absolute Gasteiger partial charge is 0.487 e. The van der Waals surface area contributed by atoms with Gasteiger partial charge < -0.3 is 10.1 Å². The van der Waals surface area contributed by atoms with Crippen LogP contribution in [-0.4, -0.2) is 58.5 Å². The highest BCUT2D eigenvalue weighted by Crippen LogP contribution is 2.21. The van der Waals surface area contributed by atoms with E-state index >= 15 is 0 Å². The number of likely N-dealkylation sites (N-methyl/N-ethyl adjacent to an activating group) is 1. The molecule has 11 heteroatoms. The van der Waals surface area contributed by atoms with Crippen molar-refractivity contribution in [2.45, 2.75) is 6.92 Å². The molecule has 1 N–H and O–H groups in total. The Morgan fingerprint density at radius 2 is 1.89 bits per heavy atom. The fourth-order valence-electron chi connectivity index (χ4n) is 3.47. The molecule has 7 nitrogen and oxygen atoms in total. The SMILES string of the molecule is CCN(CCNC(=O)c1cccc2nc3cc(I)ccc3nc12)CCOc1cccnc1F.Cl.Cl. The van der Waals surface area contributed by atoms with Crippen LogP contribution in [0.3, 0.4) is 0 Å². The Balaban J connectivity index is 0.00000216. The highest BCUT2D eigenvalue weighted by molar-refractivity contribution is 14.1. The van der Waals surface area contributed by atoms with Gasteiger partial charge >= 0.3 is 0 Å². The molecule has 2 aromatic heterocycles. The van der Waals surface area contributed by atoms with Crippen LogP contribution in [0, 0.1) is 9.52 Å². The fourth-order valence-corrected chi connectivity index (χ4v) is 3.94. The molecule has 2 aromatic carbocycles. The molecule has 186 valence electrons. The number of carbonyl (C=O) groups is 1. The molecular formula is C24H25Cl2FIN5O2. The van der Waals surface area contributed by atoms with Crippen molar-refractivity contribution in [3.05, 3.63) is 69.8 Å². The number of pyridine rings is 1. The van der Waals surface area contributed by atoms with Gasteiger partial charge in [0.05, 0.1) is 22.1 Å². The number of amides is 1. The van der Waals surface area contributed by atoms with Crippen LogP contribution in [0.4, 0.5) is 4.39 Å². The Bertz CT molecular complexity index is 1300. The predicted molar refractivity (Wildman–Crippen MR) is 148 cm³/mol. The highest BCUT2D eigenvalue weighted by Gasteiger charge is 2.13. The van der Waals surface area contributed by atoms with Gasteiger partial charge in [0.2, 0.25) is 0 Å². The van der Waals surface area contributed by atoms with Gasteiger partial charge in [-0.2, -0.15) is 4.39 Å². The van der Waals surface area contributed by atoms with Crippen molar-refractivity contribution in [3.63, 3.8) is 0 Å². The summed E-state index contributed by atoms with van der Waals surface area (Å²) in [6.45, 7) is 4.83. The van der Waals surface area contributed by atoms with Crippen molar-refractivity contribution in [1.82, 2.24) is 25.2 Å². The van der Waals surface area contributed by atoms with E-state index in [4.69, 9.17) is 4.74 Å². The molecule has 35 heavy (non-hydrogen) atoms. The maximum Gasteiger partial charge on any atom is 0.255 e. The van der Waals surface area contributed by atoms with Crippen LogP contribution < -0.4 is 10.1 Å². The maximum absolute atomic E-state index is 13.6. The number of rotatable bonds is 9. The number of nitrogens with one attached hydrogen (secondary N) is 1. The minimum absolute atomic E-state index is 0. The average Bonchev–Trinajstić information content (AvgIpc) is 2.82. The molecule has 2 heterocycles. The van der Waals surface area contributed by atoms with Gasteiger partial charge in [-0.3, -0.25) is 9.69 Å². The Kier molecular flexibility index (Phi) is 11.3.